The number of aliphatic hydroxyl groups excluding tert-OH is 1. The lowest BCUT2D eigenvalue weighted by Gasteiger charge is -2.15. The van der Waals surface area contributed by atoms with E-state index < -0.39 is 46.8 Å². The maximum absolute atomic E-state index is 13.6. The molecule has 1 amide bonds. The molecule has 2 heterocycles. The van der Waals surface area contributed by atoms with Crippen LogP contribution in [0.3, 0.4) is 0 Å². The van der Waals surface area contributed by atoms with E-state index in [0.717, 1.165) is 30.3 Å². The summed E-state index contributed by atoms with van der Waals surface area (Å²) in [5, 5.41) is 22.9. The molecule has 1 unspecified atom stereocenters. The summed E-state index contributed by atoms with van der Waals surface area (Å²) >= 11 is 0. The number of nitrogens with zero attached hydrogens (tertiary/aromatic N) is 2. The van der Waals surface area contributed by atoms with Crippen LogP contribution in [0, 0.1) is 5.41 Å². The summed E-state index contributed by atoms with van der Waals surface area (Å²) in [6.07, 6.45) is -8.90. The first-order valence-electron chi connectivity index (χ1n) is 11.6. The van der Waals surface area contributed by atoms with Crippen LogP contribution in [0.2, 0.25) is 0 Å². The van der Waals surface area contributed by atoms with Crippen molar-refractivity contribution in [3.8, 4) is 11.3 Å². The van der Waals surface area contributed by atoms with Crippen LogP contribution in [0.1, 0.15) is 33.2 Å². The molecule has 0 radical (unpaired) electrons. The van der Waals surface area contributed by atoms with Crippen molar-refractivity contribution >= 4 is 23.1 Å². The Balaban J connectivity index is 1.80. The molecule has 4 aromatic rings. The number of aromatic nitrogens is 2. The van der Waals surface area contributed by atoms with Crippen molar-refractivity contribution in [2.45, 2.75) is 18.5 Å². The van der Waals surface area contributed by atoms with E-state index >= 15 is 0 Å². The predicted molar refractivity (Wildman–Crippen MR) is 136 cm³/mol. The highest BCUT2D eigenvalue weighted by Gasteiger charge is 2.39. The van der Waals surface area contributed by atoms with Crippen molar-refractivity contribution in [2.75, 3.05) is 12.4 Å². The van der Waals surface area contributed by atoms with E-state index in [1.807, 2.05) is 0 Å². The van der Waals surface area contributed by atoms with Gasteiger partial charge in [0.05, 0.1) is 11.3 Å². The zero-order valence-corrected chi connectivity index (χ0v) is 20.6. The van der Waals surface area contributed by atoms with Crippen LogP contribution in [0.15, 0.2) is 79.1 Å². The van der Waals surface area contributed by atoms with Gasteiger partial charge in [0.2, 0.25) is 0 Å². The van der Waals surface area contributed by atoms with Gasteiger partial charge in [-0.1, -0.05) is 30.3 Å². The quantitative estimate of drug-likeness (QED) is 0.165. The van der Waals surface area contributed by atoms with Gasteiger partial charge in [0, 0.05) is 29.9 Å². The van der Waals surface area contributed by atoms with E-state index in [0.29, 0.717) is 11.6 Å². The van der Waals surface area contributed by atoms with Gasteiger partial charge in [-0.25, -0.2) is 4.98 Å². The molecule has 0 saturated carbocycles. The van der Waals surface area contributed by atoms with E-state index in [9.17, 15) is 36.2 Å². The number of allylic oxidation sites excluding steroid dienone is 1. The Morgan fingerprint density at radius 1 is 1.05 bits per heavy atom. The van der Waals surface area contributed by atoms with E-state index in [1.54, 1.807) is 30.3 Å². The summed E-state index contributed by atoms with van der Waals surface area (Å²) in [7, 11) is 1.51. The Morgan fingerprint density at radius 3 is 2.38 bits per heavy atom. The number of aliphatic hydroxyl groups is 1. The van der Waals surface area contributed by atoms with Gasteiger partial charge in [0.25, 0.3) is 5.91 Å². The minimum atomic E-state index is -4.92. The van der Waals surface area contributed by atoms with E-state index in [2.05, 4.69) is 15.6 Å². The number of anilines is 1. The Kier molecular flexibility index (Phi) is 7.69. The molecule has 208 valence electrons. The van der Waals surface area contributed by atoms with Gasteiger partial charge in [-0.05, 0) is 48.2 Å². The van der Waals surface area contributed by atoms with Crippen LogP contribution in [-0.4, -0.2) is 39.3 Å². The van der Waals surface area contributed by atoms with Crippen LogP contribution in [0.4, 0.5) is 32.2 Å². The van der Waals surface area contributed by atoms with Crippen LogP contribution in [0.5, 0.6) is 0 Å². The summed E-state index contributed by atoms with van der Waals surface area (Å²) in [4.78, 5) is 17.6. The molecule has 0 fully saturated rings. The third-order valence-electron chi connectivity index (χ3n) is 5.85. The largest absolute Gasteiger partial charge is 0.418 e. The van der Waals surface area contributed by atoms with Gasteiger partial charge in [0.1, 0.15) is 17.2 Å². The number of alkyl halides is 6. The highest BCUT2D eigenvalue weighted by molar-refractivity contribution is 6.11. The highest BCUT2D eigenvalue weighted by Crippen LogP contribution is 2.36. The number of imidazole rings is 1. The van der Waals surface area contributed by atoms with Gasteiger partial charge in [-0.3, -0.25) is 9.20 Å². The predicted octanol–water partition coefficient (Wildman–Crippen LogP) is 5.97. The van der Waals surface area contributed by atoms with Crippen LogP contribution in [0.25, 0.3) is 16.9 Å². The molecule has 4 rings (SSSR count). The van der Waals surface area contributed by atoms with Gasteiger partial charge >= 0.3 is 12.4 Å². The molecular weight excluding hydrogens is 540 g/mol. The Bertz CT molecular complexity index is 1590. The first-order valence-corrected chi connectivity index (χ1v) is 11.6. The third-order valence-corrected chi connectivity index (χ3v) is 5.85. The van der Waals surface area contributed by atoms with Crippen LogP contribution >= 0.6 is 0 Å². The molecule has 2 aromatic carbocycles. The highest BCUT2D eigenvalue weighted by atomic mass is 19.4. The molecule has 13 heteroatoms. The van der Waals surface area contributed by atoms with Gasteiger partial charge in [-0.2, -0.15) is 26.3 Å². The fourth-order valence-corrected chi connectivity index (χ4v) is 3.93. The molecule has 4 N–H and O–H groups in total. The molecule has 0 spiro atoms. The SMILES string of the molecule is CN/C=C\C(=N)c1cc(C(=O)Nc2c(-c3ccccc3)nc3cc(C(O)C(F)(F)F)ccn23)ccc1C(F)(F)F. The van der Waals surface area contributed by atoms with Crippen molar-refractivity contribution in [1.82, 2.24) is 14.7 Å². The number of hydrogen-bond donors (Lipinski definition) is 4. The first-order chi connectivity index (χ1) is 18.8. The van der Waals surface area contributed by atoms with E-state index in [4.69, 9.17) is 5.41 Å². The minimum absolute atomic E-state index is 0.0259. The van der Waals surface area contributed by atoms with Crippen molar-refractivity contribution in [3.63, 3.8) is 0 Å². The fraction of sp³-hybridized carbons (Fsp3) is 0.148. The van der Waals surface area contributed by atoms with Crippen LogP contribution < -0.4 is 10.6 Å². The molecule has 0 aliphatic carbocycles. The lowest BCUT2D eigenvalue weighted by Crippen LogP contribution is -2.20. The molecule has 2 aromatic heterocycles. The lowest BCUT2D eigenvalue weighted by atomic mass is 9.99. The van der Waals surface area contributed by atoms with Crippen molar-refractivity contribution in [1.29, 1.82) is 5.41 Å². The van der Waals surface area contributed by atoms with E-state index in [-0.39, 0.29) is 22.7 Å². The number of pyridine rings is 1. The average molecular weight is 561 g/mol. The smallest absolute Gasteiger partial charge is 0.394 e. The number of nitrogens with one attached hydrogen (secondary N) is 3. The second-order valence-corrected chi connectivity index (χ2v) is 8.56. The average Bonchev–Trinajstić information content (AvgIpc) is 3.27. The number of carbonyl (C=O) groups is 1. The monoisotopic (exact) mass is 561 g/mol. The summed E-state index contributed by atoms with van der Waals surface area (Å²) in [6.45, 7) is 0. The molecule has 7 nitrogen and oxygen atoms in total. The number of amides is 1. The second-order valence-electron chi connectivity index (χ2n) is 8.56. The second kappa shape index (κ2) is 10.8. The maximum Gasteiger partial charge on any atom is 0.418 e. The molecule has 1 atom stereocenters. The summed E-state index contributed by atoms with van der Waals surface area (Å²) in [5.41, 5.74) is -2.17. The van der Waals surface area contributed by atoms with Crippen LogP contribution in [-0.2, 0) is 6.18 Å². The number of carbonyl (C=O) groups excluding carboxylic acids is 1. The zero-order valence-electron chi connectivity index (χ0n) is 20.6. The van der Waals surface area contributed by atoms with Crippen molar-refractivity contribution < 1.29 is 36.2 Å². The molecule has 40 heavy (non-hydrogen) atoms. The summed E-state index contributed by atoms with van der Waals surface area (Å²) in [5.74, 6) is -0.815. The van der Waals surface area contributed by atoms with Crippen molar-refractivity contribution in [3.05, 3.63) is 101 Å². The fourth-order valence-electron chi connectivity index (χ4n) is 3.93. The minimum Gasteiger partial charge on any atom is -0.394 e. The molecule has 0 bridgehead atoms. The van der Waals surface area contributed by atoms with Gasteiger partial charge in [-0.15, -0.1) is 0 Å². The number of benzene rings is 2. The third kappa shape index (κ3) is 5.83. The number of hydrogen-bond acceptors (Lipinski definition) is 5. The topological polar surface area (TPSA) is 103 Å². The van der Waals surface area contributed by atoms with E-state index in [1.165, 1.54) is 23.8 Å². The maximum atomic E-state index is 13.6. The number of rotatable bonds is 7. The van der Waals surface area contributed by atoms with Gasteiger partial charge in [0.15, 0.2) is 6.10 Å². The normalized spacial score (nSPS) is 13.0. The molecule has 0 aliphatic heterocycles. The van der Waals surface area contributed by atoms with Crippen molar-refractivity contribution in [2.24, 2.45) is 0 Å². The first kappa shape index (κ1) is 28.4. The number of fused-ring (bicyclic) bond motifs is 1. The zero-order chi connectivity index (χ0) is 29.2. The Morgan fingerprint density at radius 2 is 1.75 bits per heavy atom. The lowest BCUT2D eigenvalue weighted by molar-refractivity contribution is -0.206. The van der Waals surface area contributed by atoms with Gasteiger partial charge < -0.3 is 21.1 Å². The summed E-state index contributed by atoms with van der Waals surface area (Å²) < 4.78 is 81.3. The Hall–Kier alpha value is -4.65. The molecule has 0 saturated heterocycles. The Labute approximate surface area is 223 Å². The standard InChI is InChI=1S/C27H21F6N5O2/c1-35-11-9-20(34)18-13-17(7-8-19(18)26(28,29)30)25(40)37-24-22(15-5-3-2-4-6-15)36-21-14-16(10-12-38(21)24)23(39)27(31,32)33/h2-14,23,34-35,39H,1H3,(H,37,40)/b11-9-,34-20?. The molecule has 0 aliphatic rings. The number of halogens is 6. The summed E-state index contributed by atoms with van der Waals surface area (Å²) in [6, 6.07) is 13.0. The molecular formula is C27H21F6N5O2.